The van der Waals surface area contributed by atoms with Gasteiger partial charge in [0.1, 0.15) is 16.5 Å². The number of hydrogen-bond acceptors (Lipinski definition) is 7. The molecule has 0 saturated carbocycles. The molecule has 1 aliphatic rings. The van der Waals surface area contributed by atoms with E-state index in [1.807, 2.05) is 20.2 Å². The molecule has 8 heteroatoms. The molecule has 0 bridgehead atoms. The van der Waals surface area contributed by atoms with Crippen molar-refractivity contribution >= 4 is 45.0 Å². The molecule has 1 aromatic carbocycles. The topological polar surface area (TPSA) is 52.6 Å². The Balaban J connectivity index is 1.55. The molecule has 1 saturated heterocycles. The Kier molecular flexibility index (Phi) is 6.79. The molecule has 0 N–H and O–H groups in total. The van der Waals surface area contributed by atoms with Crippen LogP contribution in [0.2, 0.25) is 0 Å². The number of anilines is 1. The van der Waals surface area contributed by atoms with Gasteiger partial charge in [-0.25, -0.2) is 9.97 Å². The molecule has 3 heterocycles. The van der Waals surface area contributed by atoms with Crippen molar-refractivity contribution in [3.63, 3.8) is 0 Å². The van der Waals surface area contributed by atoms with E-state index < -0.39 is 0 Å². The molecule has 164 valence electrons. The van der Waals surface area contributed by atoms with Gasteiger partial charge < -0.3 is 9.80 Å². The average Bonchev–Trinajstić information content (AvgIpc) is 3.06. The van der Waals surface area contributed by atoms with Crippen molar-refractivity contribution in [1.82, 2.24) is 19.8 Å². The first-order valence-corrected chi connectivity index (χ1v) is 12.3. The van der Waals surface area contributed by atoms with Gasteiger partial charge in [0.25, 0.3) is 0 Å². The van der Waals surface area contributed by atoms with Crippen molar-refractivity contribution in [2.45, 2.75) is 24.5 Å². The number of thioether (sulfide) groups is 1. The maximum Gasteiger partial charge on any atom is 0.236 e. The summed E-state index contributed by atoms with van der Waals surface area (Å²) >= 11 is 3.53. The third-order valence-electron chi connectivity index (χ3n) is 5.70. The van der Waals surface area contributed by atoms with E-state index in [1.54, 1.807) is 28.0 Å². The lowest BCUT2D eigenvalue weighted by atomic mass is 10.2. The highest BCUT2D eigenvalue weighted by Gasteiger charge is 2.24. The van der Waals surface area contributed by atoms with E-state index >= 15 is 0 Å². The summed E-state index contributed by atoms with van der Waals surface area (Å²) in [5.41, 5.74) is 1.28. The zero-order valence-corrected chi connectivity index (χ0v) is 20.2. The fourth-order valence-corrected chi connectivity index (χ4v) is 5.50. The van der Waals surface area contributed by atoms with Crippen LogP contribution in [0.25, 0.3) is 10.2 Å². The maximum atomic E-state index is 12.1. The summed E-state index contributed by atoms with van der Waals surface area (Å²) in [4.78, 5) is 31.9. The van der Waals surface area contributed by atoms with Gasteiger partial charge in [-0.1, -0.05) is 18.2 Å². The SMILES string of the molecule is Cc1sc2nc(CSc3ccccc3)nc(N3CCN(CC(=O)N(C)C)CC3)c2c1C. The first-order valence-electron chi connectivity index (χ1n) is 10.5. The molecule has 0 atom stereocenters. The quantitative estimate of drug-likeness (QED) is 0.527. The minimum atomic E-state index is 0.155. The van der Waals surface area contributed by atoms with Crippen LogP contribution >= 0.6 is 23.1 Å². The number of thiophene rings is 1. The predicted molar refractivity (Wildman–Crippen MR) is 130 cm³/mol. The number of nitrogens with zero attached hydrogens (tertiary/aromatic N) is 5. The van der Waals surface area contributed by atoms with Crippen LogP contribution in [-0.2, 0) is 10.5 Å². The number of piperazine rings is 1. The monoisotopic (exact) mass is 455 g/mol. The first-order chi connectivity index (χ1) is 14.9. The van der Waals surface area contributed by atoms with Gasteiger partial charge in [0.15, 0.2) is 0 Å². The van der Waals surface area contributed by atoms with Crippen LogP contribution in [0.3, 0.4) is 0 Å². The zero-order valence-electron chi connectivity index (χ0n) is 18.6. The summed E-state index contributed by atoms with van der Waals surface area (Å²) in [5, 5.41) is 1.19. The molecule has 0 aliphatic carbocycles. The molecule has 6 nitrogen and oxygen atoms in total. The average molecular weight is 456 g/mol. The van der Waals surface area contributed by atoms with E-state index in [9.17, 15) is 4.79 Å². The third kappa shape index (κ3) is 5.02. The zero-order chi connectivity index (χ0) is 22.0. The number of amides is 1. The van der Waals surface area contributed by atoms with Crippen LogP contribution in [0.1, 0.15) is 16.3 Å². The molecule has 3 aromatic rings. The highest BCUT2D eigenvalue weighted by Crippen LogP contribution is 2.36. The standard InChI is InChI=1S/C23H29N5OS2/c1-16-17(2)31-23-21(16)22(24-19(25-23)15-30-18-8-6-5-7-9-18)28-12-10-27(11-13-28)14-20(29)26(3)4/h5-9H,10-15H2,1-4H3. The second-order valence-corrected chi connectivity index (χ2v) is 10.3. The first kappa shape index (κ1) is 22.0. The largest absolute Gasteiger partial charge is 0.353 e. The normalized spacial score (nSPS) is 14.9. The Morgan fingerprint density at radius 3 is 2.48 bits per heavy atom. The van der Waals surface area contributed by atoms with Crippen molar-refractivity contribution in [2.75, 3.05) is 51.7 Å². The predicted octanol–water partition coefficient (Wildman–Crippen LogP) is 3.81. The van der Waals surface area contributed by atoms with Crippen molar-refractivity contribution in [3.8, 4) is 0 Å². The van der Waals surface area contributed by atoms with Crippen LogP contribution in [0.5, 0.6) is 0 Å². The van der Waals surface area contributed by atoms with Gasteiger partial charge >= 0.3 is 0 Å². The summed E-state index contributed by atoms with van der Waals surface area (Å²) in [7, 11) is 3.62. The van der Waals surface area contributed by atoms with Crippen molar-refractivity contribution in [1.29, 1.82) is 0 Å². The van der Waals surface area contributed by atoms with E-state index in [4.69, 9.17) is 9.97 Å². The van der Waals surface area contributed by atoms with Gasteiger partial charge in [-0.3, -0.25) is 9.69 Å². The second kappa shape index (κ2) is 9.54. The maximum absolute atomic E-state index is 12.1. The molecule has 0 unspecified atom stereocenters. The molecule has 1 aliphatic heterocycles. The number of carbonyl (C=O) groups is 1. The molecule has 1 amide bonds. The lowest BCUT2D eigenvalue weighted by Gasteiger charge is -2.35. The third-order valence-corrected chi connectivity index (χ3v) is 7.81. The Morgan fingerprint density at radius 2 is 1.81 bits per heavy atom. The van der Waals surface area contributed by atoms with E-state index in [0.717, 1.165) is 48.4 Å². The fourth-order valence-electron chi connectivity index (χ4n) is 3.68. The fraction of sp³-hybridized carbons (Fsp3) is 0.435. The van der Waals surface area contributed by atoms with E-state index in [-0.39, 0.29) is 5.91 Å². The number of fused-ring (bicyclic) bond motifs is 1. The van der Waals surface area contributed by atoms with Gasteiger partial charge in [0.2, 0.25) is 5.91 Å². The number of likely N-dealkylation sites (N-methyl/N-ethyl adjacent to an activating group) is 1. The smallest absolute Gasteiger partial charge is 0.236 e. The number of aryl methyl sites for hydroxylation is 2. The van der Waals surface area contributed by atoms with Gasteiger partial charge in [-0.2, -0.15) is 0 Å². The van der Waals surface area contributed by atoms with Crippen LogP contribution in [-0.4, -0.2) is 72.5 Å². The molecular weight excluding hydrogens is 426 g/mol. The highest BCUT2D eigenvalue weighted by atomic mass is 32.2. The Labute approximate surface area is 192 Å². The summed E-state index contributed by atoms with van der Waals surface area (Å²) in [5.74, 6) is 2.83. The van der Waals surface area contributed by atoms with Crippen LogP contribution in [0.4, 0.5) is 5.82 Å². The Bertz CT molecular complexity index is 1060. The van der Waals surface area contributed by atoms with Crippen LogP contribution < -0.4 is 4.90 Å². The van der Waals surface area contributed by atoms with Gasteiger partial charge in [0.05, 0.1) is 17.7 Å². The van der Waals surface area contributed by atoms with Gasteiger partial charge in [0, 0.05) is 50.0 Å². The summed E-state index contributed by atoms with van der Waals surface area (Å²) in [6.07, 6.45) is 0. The Morgan fingerprint density at radius 1 is 1.10 bits per heavy atom. The number of benzene rings is 1. The van der Waals surface area contributed by atoms with E-state index in [1.165, 1.54) is 20.7 Å². The van der Waals surface area contributed by atoms with Crippen molar-refractivity contribution < 1.29 is 4.79 Å². The minimum absolute atomic E-state index is 0.155. The number of carbonyl (C=O) groups excluding carboxylic acids is 1. The molecule has 2 aromatic heterocycles. The lowest BCUT2D eigenvalue weighted by molar-refractivity contribution is -0.129. The Hall–Kier alpha value is -2.16. The lowest BCUT2D eigenvalue weighted by Crippen LogP contribution is -2.49. The molecule has 0 radical (unpaired) electrons. The molecule has 4 rings (SSSR count). The van der Waals surface area contributed by atoms with Gasteiger partial charge in [-0.15, -0.1) is 23.1 Å². The number of aromatic nitrogens is 2. The summed E-state index contributed by atoms with van der Waals surface area (Å²) in [6, 6.07) is 10.4. The van der Waals surface area contributed by atoms with E-state index in [0.29, 0.717) is 6.54 Å². The van der Waals surface area contributed by atoms with Crippen LogP contribution in [0, 0.1) is 13.8 Å². The molecule has 1 fully saturated rings. The number of hydrogen-bond donors (Lipinski definition) is 0. The van der Waals surface area contributed by atoms with Crippen LogP contribution in [0.15, 0.2) is 35.2 Å². The molecule has 31 heavy (non-hydrogen) atoms. The highest BCUT2D eigenvalue weighted by molar-refractivity contribution is 7.98. The van der Waals surface area contributed by atoms with E-state index in [2.05, 4.69) is 47.9 Å². The van der Waals surface area contributed by atoms with Crippen molar-refractivity contribution in [2.24, 2.45) is 0 Å². The van der Waals surface area contributed by atoms with Gasteiger partial charge in [-0.05, 0) is 31.5 Å². The molecule has 0 spiro atoms. The summed E-state index contributed by atoms with van der Waals surface area (Å²) < 4.78 is 0. The number of rotatable bonds is 6. The minimum Gasteiger partial charge on any atom is -0.353 e. The molecular formula is C23H29N5OS2. The summed E-state index contributed by atoms with van der Waals surface area (Å²) in [6.45, 7) is 8.27. The van der Waals surface area contributed by atoms with Crippen molar-refractivity contribution in [3.05, 3.63) is 46.6 Å². The second-order valence-electron chi connectivity index (χ2n) is 8.08.